The number of aromatic nitrogens is 3. The molecule has 1 aliphatic heterocycles. The molecule has 1 aliphatic rings. The van der Waals surface area contributed by atoms with Gasteiger partial charge in [0.1, 0.15) is 0 Å². The molecular weight excluding hydrogens is 272 g/mol. The fraction of sp³-hybridized carbons (Fsp3) is 0.308. The van der Waals surface area contributed by atoms with Crippen LogP contribution in [0.1, 0.15) is 0 Å². The van der Waals surface area contributed by atoms with Crippen molar-refractivity contribution in [3.63, 3.8) is 0 Å². The second kappa shape index (κ2) is 5.70. The summed E-state index contributed by atoms with van der Waals surface area (Å²) in [7, 11) is 0. The van der Waals surface area contributed by atoms with Crippen LogP contribution >= 0.6 is 0 Å². The molecule has 0 aromatic carbocycles. The molecule has 0 saturated carbocycles. The number of nitrogens with zero attached hydrogens (tertiary/aromatic N) is 6. The monoisotopic (exact) mass is 286 g/mol. The zero-order valence-electron chi connectivity index (χ0n) is 11.3. The first-order valence-corrected chi connectivity index (χ1v) is 6.61. The van der Waals surface area contributed by atoms with Crippen molar-refractivity contribution in [1.29, 1.82) is 0 Å². The molecule has 0 spiro atoms. The fourth-order valence-corrected chi connectivity index (χ4v) is 2.29. The normalized spacial score (nSPS) is 15.0. The molecule has 0 radical (unpaired) electrons. The van der Waals surface area contributed by atoms with E-state index < -0.39 is 4.92 Å². The predicted octanol–water partition coefficient (Wildman–Crippen LogP) is 1.11. The number of anilines is 2. The van der Waals surface area contributed by atoms with Gasteiger partial charge in [-0.2, -0.15) is 0 Å². The fourth-order valence-electron chi connectivity index (χ4n) is 2.29. The Labute approximate surface area is 121 Å². The molecule has 21 heavy (non-hydrogen) atoms. The summed E-state index contributed by atoms with van der Waals surface area (Å²) in [5, 5.41) is 10.6. The third-order valence-electron chi connectivity index (χ3n) is 3.40. The van der Waals surface area contributed by atoms with E-state index in [1.165, 1.54) is 6.07 Å². The predicted molar refractivity (Wildman–Crippen MR) is 77.3 cm³/mol. The lowest BCUT2D eigenvalue weighted by atomic mass is 10.3. The van der Waals surface area contributed by atoms with Crippen LogP contribution in [0, 0.1) is 10.1 Å². The molecular formula is C13H14N6O2. The highest BCUT2D eigenvalue weighted by Crippen LogP contribution is 2.19. The van der Waals surface area contributed by atoms with Gasteiger partial charge in [0.2, 0.25) is 5.95 Å². The zero-order valence-corrected chi connectivity index (χ0v) is 11.3. The smallest absolute Gasteiger partial charge is 0.363 e. The van der Waals surface area contributed by atoms with Gasteiger partial charge in [0.15, 0.2) is 6.20 Å². The van der Waals surface area contributed by atoms with Crippen molar-refractivity contribution < 1.29 is 4.92 Å². The summed E-state index contributed by atoms with van der Waals surface area (Å²) < 4.78 is 0. The minimum atomic E-state index is -0.492. The Balaban J connectivity index is 1.64. The van der Waals surface area contributed by atoms with Gasteiger partial charge in [0, 0.05) is 44.6 Å². The summed E-state index contributed by atoms with van der Waals surface area (Å²) >= 11 is 0. The minimum absolute atomic E-state index is 0.130. The first-order valence-electron chi connectivity index (χ1n) is 6.61. The molecule has 3 heterocycles. The molecule has 0 amide bonds. The Morgan fingerprint density at radius 1 is 1.00 bits per heavy atom. The molecule has 2 aromatic heterocycles. The third-order valence-corrected chi connectivity index (χ3v) is 3.40. The maximum atomic E-state index is 10.6. The van der Waals surface area contributed by atoms with Crippen LogP contribution in [0.5, 0.6) is 0 Å². The summed E-state index contributed by atoms with van der Waals surface area (Å²) in [6.07, 6.45) is 5.01. The molecule has 8 nitrogen and oxygen atoms in total. The second-order valence-corrected chi connectivity index (χ2v) is 4.65. The van der Waals surface area contributed by atoms with Gasteiger partial charge in [-0.05, 0) is 22.0 Å². The van der Waals surface area contributed by atoms with Crippen molar-refractivity contribution in [1.82, 2.24) is 15.0 Å². The average Bonchev–Trinajstić information content (AvgIpc) is 2.56. The van der Waals surface area contributed by atoms with E-state index in [4.69, 9.17) is 0 Å². The van der Waals surface area contributed by atoms with E-state index in [0.717, 1.165) is 37.8 Å². The van der Waals surface area contributed by atoms with Gasteiger partial charge >= 0.3 is 5.82 Å². The highest BCUT2D eigenvalue weighted by Gasteiger charge is 2.20. The number of nitro groups is 1. The Morgan fingerprint density at radius 3 is 2.24 bits per heavy atom. The van der Waals surface area contributed by atoms with E-state index >= 15 is 0 Å². The summed E-state index contributed by atoms with van der Waals surface area (Å²) in [5.74, 6) is 0.606. The van der Waals surface area contributed by atoms with Crippen LogP contribution in [0.2, 0.25) is 0 Å². The highest BCUT2D eigenvalue weighted by atomic mass is 16.6. The molecule has 8 heteroatoms. The molecule has 1 fully saturated rings. The molecule has 108 valence electrons. The topological polar surface area (TPSA) is 88.3 Å². The standard InChI is InChI=1S/C13H14N6O2/c20-19(21)12-3-2-11(10-16-12)17-6-8-18(9-7-17)13-14-4-1-5-15-13/h1-5,10H,6-9H2. The van der Waals surface area contributed by atoms with Gasteiger partial charge < -0.3 is 19.9 Å². The van der Waals surface area contributed by atoms with Crippen molar-refractivity contribution >= 4 is 17.5 Å². The highest BCUT2D eigenvalue weighted by molar-refractivity contribution is 5.48. The van der Waals surface area contributed by atoms with E-state index in [2.05, 4.69) is 24.8 Å². The quantitative estimate of drug-likeness (QED) is 0.616. The number of piperazine rings is 1. The van der Waals surface area contributed by atoms with E-state index in [-0.39, 0.29) is 5.82 Å². The van der Waals surface area contributed by atoms with Gasteiger partial charge in [-0.15, -0.1) is 0 Å². The Hall–Kier alpha value is -2.77. The molecule has 0 atom stereocenters. The Bertz CT molecular complexity index is 610. The van der Waals surface area contributed by atoms with E-state index in [1.807, 2.05) is 0 Å². The first kappa shape index (κ1) is 13.2. The maximum absolute atomic E-state index is 10.6. The molecule has 1 saturated heterocycles. The number of pyridine rings is 1. The van der Waals surface area contributed by atoms with Crippen molar-refractivity contribution in [3.8, 4) is 0 Å². The van der Waals surface area contributed by atoms with Crippen LogP contribution < -0.4 is 9.80 Å². The van der Waals surface area contributed by atoms with Crippen LogP contribution in [0.25, 0.3) is 0 Å². The van der Waals surface area contributed by atoms with Gasteiger partial charge in [0.05, 0.1) is 5.69 Å². The van der Waals surface area contributed by atoms with E-state index in [9.17, 15) is 10.1 Å². The molecule has 0 unspecified atom stereocenters. The molecule has 2 aromatic rings. The van der Waals surface area contributed by atoms with Gasteiger partial charge in [-0.1, -0.05) is 0 Å². The molecule has 0 N–H and O–H groups in total. The molecule has 0 aliphatic carbocycles. The number of hydrogen-bond acceptors (Lipinski definition) is 7. The summed E-state index contributed by atoms with van der Waals surface area (Å²) in [6.45, 7) is 3.22. The van der Waals surface area contributed by atoms with Crippen molar-refractivity contribution in [3.05, 3.63) is 46.9 Å². The van der Waals surface area contributed by atoms with Crippen molar-refractivity contribution in [2.45, 2.75) is 0 Å². The van der Waals surface area contributed by atoms with E-state index in [0.29, 0.717) is 0 Å². The first-order chi connectivity index (χ1) is 10.2. The van der Waals surface area contributed by atoms with Gasteiger partial charge in [0.25, 0.3) is 0 Å². The lowest BCUT2D eigenvalue weighted by Gasteiger charge is -2.35. The van der Waals surface area contributed by atoms with E-state index in [1.54, 1.807) is 30.7 Å². The third kappa shape index (κ3) is 2.88. The lowest BCUT2D eigenvalue weighted by molar-refractivity contribution is -0.389. The lowest BCUT2D eigenvalue weighted by Crippen LogP contribution is -2.47. The average molecular weight is 286 g/mol. The van der Waals surface area contributed by atoms with Gasteiger partial charge in [-0.3, -0.25) is 0 Å². The minimum Gasteiger partial charge on any atom is -0.365 e. The second-order valence-electron chi connectivity index (χ2n) is 4.65. The van der Waals surface area contributed by atoms with Gasteiger partial charge in [-0.25, -0.2) is 9.97 Å². The maximum Gasteiger partial charge on any atom is 0.363 e. The van der Waals surface area contributed by atoms with Crippen LogP contribution in [0.15, 0.2) is 36.8 Å². The SMILES string of the molecule is O=[N+]([O-])c1ccc(N2CCN(c3ncccn3)CC2)cn1. The Kier molecular flexibility index (Phi) is 3.59. The van der Waals surface area contributed by atoms with Crippen LogP contribution in [-0.4, -0.2) is 46.1 Å². The summed E-state index contributed by atoms with van der Waals surface area (Å²) in [5.41, 5.74) is 0.897. The van der Waals surface area contributed by atoms with Crippen molar-refractivity contribution in [2.75, 3.05) is 36.0 Å². The number of hydrogen-bond donors (Lipinski definition) is 0. The van der Waals surface area contributed by atoms with Crippen molar-refractivity contribution in [2.24, 2.45) is 0 Å². The number of rotatable bonds is 3. The van der Waals surface area contributed by atoms with Crippen LogP contribution in [-0.2, 0) is 0 Å². The molecule has 0 bridgehead atoms. The summed E-state index contributed by atoms with van der Waals surface area (Å²) in [6, 6.07) is 4.96. The Morgan fingerprint density at radius 2 is 1.67 bits per heavy atom. The van der Waals surface area contributed by atoms with Crippen LogP contribution in [0.4, 0.5) is 17.5 Å². The van der Waals surface area contributed by atoms with Crippen LogP contribution in [0.3, 0.4) is 0 Å². The summed E-state index contributed by atoms with van der Waals surface area (Å²) in [4.78, 5) is 26.7. The molecule has 3 rings (SSSR count). The zero-order chi connectivity index (χ0) is 14.7. The largest absolute Gasteiger partial charge is 0.365 e.